The molecule has 1 fully saturated rings. The topological polar surface area (TPSA) is 35.6 Å². The van der Waals surface area contributed by atoms with Crippen molar-refractivity contribution >= 4 is 63.7 Å². The molecule has 1 heterocycles. The maximum Gasteiger partial charge on any atom is 0.258 e. The second-order valence-corrected chi connectivity index (χ2v) is 7.88. The van der Waals surface area contributed by atoms with Crippen molar-refractivity contribution < 1.29 is 22.4 Å². The first-order valence-electron chi connectivity index (χ1n) is 8.43. The number of amides is 1. The summed E-state index contributed by atoms with van der Waals surface area (Å²) in [5, 5.41) is 1.86. The van der Waals surface area contributed by atoms with Gasteiger partial charge in [-0.3, -0.25) is 10.1 Å². The normalized spacial score (nSPS) is 14.1. The number of anilines is 1. The van der Waals surface area contributed by atoms with E-state index in [4.69, 9.17) is 47.0 Å². The van der Waals surface area contributed by atoms with Gasteiger partial charge in [-0.2, -0.15) is 0 Å². The third-order valence-corrected chi connectivity index (χ3v) is 5.71. The van der Waals surface area contributed by atoms with Crippen LogP contribution in [-0.2, 0) is 0 Å². The first kappa shape index (κ1) is 22.9. The van der Waals surface area contributed by atoms with Crippen LogP contribution in [0.15, 0.2) is 18.2 Å². The first-order chi connectivity index (χ1) is 14.1. The van der Waals surface area contributed by atoms with E-state index in [1.807, 2.05) is 0 Å². The molecule has 2 aromatic carbocycles. The SMILES string of the molecule is O=C(NC(=S)N1CCN(c2c(F)c(F)c(Cl)c(F)c2F)CC1)c1ccc(Cl)cc1Cl. The lowest BCUT2D eigenvalue weighted by atomic mass is 10.2. The van der Waals surface area contributed by atoms with E-state index < -0.39 is 39.9 Å². The zero-order valence-corrected chi connectivity index (χ0v) is 18.0. The molecule has 12 heteroatoms. The molecule has 1 amide bonds. The maximum absolute atomic E-state index is 14.1. The Labute approximate surface area is 189 Å². The Kier molecular flexibility index (Phi) is 6.96. The summed E-state index contributed by atoms with van der Waals surface area (Å²) in [6.07, 6.45) is 0. The Hall–Kier alpha value is -1.81. The fourth-order valence-electron chi connectivity index (χ4n) is 2.92. The van der Waals surface area contributed by atoms with Gasteiger partial charge in [0.1, 0.15) is 10.7 Å². The van der Waals surface area contributed by atoms with E-state index in [1.54, 1.807) is 4.90 Å². The quantitative estimate of drug-likeness (QED) is 0.271. The molecule has 1 aliphatic rings. The second kappa shape index (κ2) is 9.13. The molecule has 30 heavy (non-hydrogen) atoms. The van der Waals surface area contributed by atoms with Gasteiger partial charge in [0.2, 0.25) is 0 Å². The Balaban J connectivity index is 1.67. The molecule has 1 N–H and O–H groups in total. The van der Waals surface area contributed by atoms with Crippen LogP contribution in [0.3, 0.4) is 0 Å². The number of hydrogen-bond acceptors (Lipinski definition) is 3. The molecule has 0 spiro atoms. The molecule has 0 radical (unpaired) electrons. The van der Waals surface area contributed by atoms with E-state index >= 15 is 0 Å². The summed E-state index contributed by atoms with van der Waals surface area (Å²) in [5.41, 5.74) is -0.671. The van der Waals surface area contributed by atoms with E-state index in [1.165, 1.54) is 18.2 Å². The summed E-state index contributed by atoms with van der Waals surface area (Å²) in [4.78, 5) is 15.1. The monoisotopic (exact) mass is 499 g/mol. The van der Waals surface area contributed by atoms with Crippen LogP contribution < -0.4 is 10.2 Å². The highest BCUT2D eigenvalue weighted by Gasteiger charge is 2.30. The summed E-state index contributed by atoms with van der Waals surface area (Å²) >= 11 is 22.3. The van der Waals surface area contributed by atoms with E-state index in [0.29, 0.717) is 5.02 Å². The average Bonchev–Trinajstić information content (AvgIpc) is 2.71. The summed E-state index contributed by atoms with van der Waals surface area (Å²) in [7, 11) is 0. The number of halogens is 7. The summed E-state index contributed by atoms with van der Waals surface area (Å²) < 4.78 is 55.7. The number of carbonyl (C=O) groups is 1. The van der Waals surface area contributed by atoms with Gasteiger partial charge in [-0.15, -0.1) is 0 Å². The number of thiocarbonyl (C=S) groups is 1. The van der Waals surface area contributed by atoms with Gasteiger partial charge in [0.05, 0.1) is 10.6 Å². The van der Waals surface area contributed by atoms with E-state index in [9.17, 15) is 22.4 Å². The molecule has 0 unspecified atom stereocenters. The zero-order chi connectivity index (χ0) is 22.2. The van der Waals surface area contributed by atoms with Gasteiger partial charge in [-0.05, 0) is 30.4 Å². The molecule has 1 aliphatic heterocycles. The Morgan fingerprint density at radius 2 is 1.50 bits per heavy atom. The third-order valence-electron chi connectivity index (χ3n) is 4.47. The molecule has 2 aromatic rings. The molecule has 0 aromatic heterocycles. The lowest BCUT2D eigenvalue weighted by Gasteiger charge is -2.37. The Morgan fingerprint density at radius 3 is 2.03 bits per heavy atom. The molecule has 160 valence electrons. The van der Waals surface area contributed by atoms with E-state index in [-0.39, 0.29) is 41.9 Å². The van der Waals surface area contributed by atoms with Crippen molar-refractivity contribution in [3.63, 3.8) is 0 Å². The number of rotatable bonds is 2. The largest absolute Gasteiger partial charge is 0.363 e. The minimum atomic E-state index is -1.66. The average molecular weight is 501 g/mol. The molecule has 3 rings (SSSR count). The van der Waals surface area contributed by atoms with Crippen molar-refractivity contribution in [1.82, 2.24) is 10.2 Å². The molecule has 0 saturated carbocycles. The van der Waals surface area contributed by atoms with Crippen LogP contribution in [0.4, 0.5) is 23.2 Å². The van der Waals surface area contributed by atoms with Gasteiger partial charge >= 0.3 is 0 Å². The van der Waals surface area contributed by atoms with Crippen molar-refractivity contribution in [2.45, 2.75) is 0 Å². The smallest absolute Gasteiger partial charge is 0.258 e. The number of hydrogen-bond donors (Lipinski definition) is 1. The Morgan fingerprint density at radius 1 is 0.933 bits per heavy atom. The van der Waals surface area contributed by atoms with Gasteiger partial charge < -0.3 is 9.80 Å². The second-order valence-electron chi connectivity index (χ2n) is 6.28. The number of benzene rings is 2. The molecule has 4 nitrogen and oxygen atoms in total. The highest BCUT2D eigenvalue weighted by atomic mass is 35.5. The van der Waals surface area contributed by atoms with Crippen molar-refractivity contribution in [2.75, 3.05) is 31.1 Å². The van der Waals surface area contributed by atoms with E-state index in [0.717, 1.165) is 4.90 Å². The predicted molar refractivity (Wildman–Crippen MR) is 112 cm³/mol. The van der Waals surface area contributed by atoms with Crippen LogP contribution in [0.1, 0.15) is 10.4 Å². The van der Waals surface area contributed by atoms with Gasteiger partial charge in [-0.1, -0.05) is 34.8 Å². The molecule has 1 saturated heterocycles. The standard InChI is InChI=1S/C18H12Cl3F4N3OS/c19-8-1-2-9(10(20)7-8)17(29)26-18(30)28-5-3-27(4-6-28)16-14(24)12(22)11(21)13(23)15(16)25/h1-2,7H,3-6H2,(H,26,29,30). The van der Waals surface area contributed by atoms with Crippen molar-refractivity contribution in [3.8, 4) is 0 Å². The van der Waals surface area contributed by atoms with Crippen molar-refractivity contribution in [2.24, 2.45) is 0 Å². The minimum absolute atomic E-state index is 0.00787. The lowest BCUT2D eigenvalue weighted by Crippen LogP contribution is -2.53. The van der Waals surface area contributed by atoms with Gasteiger partial charge in [0.25, 0.3) is 5.91 Å². The molecule has 0 bridgehead atoms. The van der Waals surface area contributed by atoms with Gasteiger partial charge in [0.15, 0.2) is 28.4 Å². The van der Waals surface area contributed by atoms with E-state index in [2.05, 4.69) is 5.32 Å². The van der Waals surface area contributed by atoms with Gasteiger partial charge in [-0.25, -0.2) is 17.6 Å². The summed E-state index contributed by atoms with van der Waals surface area (Å²) in [6, 6.07) is 4.35. The zero-order valence-electron chi connectivity index (χ0n) is 14.9. The van der Waals surface area contributed by atoms with Crippen LogP contribution in [0.25, 0.3) is 0 Å². The summed E-state index contributed by atoms with van der Waals surface area (Å²) in [6.45, 7) is 0.258. The van der Waals surface area contributed by atoms with Crippen LogP contribution in [0, 0.1) is 23.3 Å². The highest BCUT2D eigenvalue weighted by Crippen LogP contribution is 2.34. The fraction of sp³-hybridized carbons (Fsp3) is 0.222. The lowest BCUT2D eigenvalue weighted by molar-refractivity contribution is 0.0973. The highest BCUT2D eigenvalue weighted by molar-refractivity contribution is 7.80. The maximum atomic E-state index is 14.1. The van der Waals surface area contributed by atoms with Crippen LogP contribution in [-0.4, -0.2) is 42.1 Å². The number of nitrogens with one attached hydrogen (secondary N) is 1. The van der Waals surface area contributed by atoms with Crippen LogP contribution in [0.5, 0.6) is 0 Å². The van der Waals surface area contributed by atoms with Crippen molar-refractivity contribution in [1.29, 1.82) is 0 Å². The van der Waals surface area contributed by atoms with Crippen LogP contribution >= 0.6 is 47.0 Å². The molecular weight excluding hydrogens is 489 g/mol. The summed E-state index contributed by atoms with van der Waals surface area (Å²) in [5.74, 6) is -7.00. The number of nitrogens with zero attached hydrogens (tertiary/aromatic N) is 2. The van der Waals surface area contributed by atoms with Crippen molar-refractivity contribution in [3.05, 3.63) is 62.1 Å². The first-order valence-corrected chi connectivity index (χ1v) is 9.97. The Bertz CT molecular complexity index is 1000. The van der Waals surface area contributed by atoms with Crippen LogP contribution in [0.2, 0.25) is 15.1 Å². The molecule has 0 aliphatic carbocycles. The minimum Gasteiger partial charge on any atom is -0.363 e. The molecule has 0 atom stereocenters. The predicted octanol–water partition coefficient (Wildman–Crippen LogP) is 5.04. The number of carbonyl (C=O) groups excluding carboxylic acids is 1. The van der Waals surface area contributed by atoms with Gasteiger partial charge in [0, 0.05) is 31.2 Å². The fourth-order valence-corrected chi connectivity index (χ4v) is 3.86. The molecular formula is C18H12Cl3F4N3OS. The third kappa shape index (κ3) is 4.44. The number of piperazine rings is 1.